The molecule has 1 aliphatic carbocycles. The summed E-state index contributed by atoms with van der Waals surface area (Å²) in [6, 6.07) is 0.384. The van der Waals surface area contributed by atoms with Gasteiger partial charge in [-0.15, -0.1) is 0 Å². The monoisotopic (exact) mass is 252 g/mol. The van der Waals surface area contributed by atoms with Crippen molar-refractivity contribution in [1.82, 2.24) is 9.55 Å². The van der Waals surface area contributed by atoms with Gasteiger partial charge >= 0.3 is 5.56 Å². The van der Waals surface area contributed by atoms with Crippen molar-refractivity contribution in [2.45, 2.75) is 37.8 Å². The van der Waals surface area contributed by atoms with Gasteiger partial charge in [-0.25, -0.2) is 4.98 Å². The SMILES string of the molecule is O=c1c(OC2CCSCC2)nccn1C1CC1. The van der Waals surface area contributed by atoms with E-state index >= 15 is 0 Å². The van der Waals surface area contributed by atoms with Gasteiger partial charge in [-0.2, -0.15) is 11.8 Å². The Kier molecular flexibility index (Phi) is 3.09. The maximum Gasteiger partial charge on any atom is 0.313 e. The first kappa shape index (κ1) is 11.1. The van der Waals surface area contributed by atoms with Crippen molar-refractivity contribution in [3.8, 4) is 5.88 Å². The number of rotatable bonds is 3. The average Bonchev–Trinajstić information content (AvgIpc) is 3.17. The van der Waals surface area contributed by atoms with E-state index in [-0.39, 0.29) is 17.5 Å². The quantitative estimate of drug-likeness (QED) is 0.823. The van der Waals surface area contributed by atoms with E-state index in [1.165, 1.54) is 0 Å². The van der Waals surface area contributed by atoms with E-state index in [1.807, 2.05) is 11.8 Å². The van der Waals surface area contributed by atoms with Crippen LogP contribution in [0.1, 0.15) is 31.7 Å². The standard InChI is InChI=1S/C12H16N2O2S/c15-12-11(16-10-3-7-17-8-4-10)13-5-6-14(12)9-1-2-9/h5-6,9-10H,1-4,7-8H2. The van der Waals surface area contributed by atoms with Crippen molar-refractivity contribution in [1.29, 1.82) is 0 Å². The number of thioether (sulfide) groups is 1. The molecule has 4 nitrogen and oxygen atoms in total. The van der Waals surface area contributed by atoms with Crippen LogP contribution in [0, 0.1) is 0 Å². The van der Waals surface area contributed by atoms with Crippen LogP contribution in [-0.2, 0) is 0 Å². The Morgan fingerprint density at radius 3 is 2.76 bits per heavy atom. The maximum absolute atomic E-state index is 12.1. The fourth-order valence-electron chi connectivity index (χ4n) is 2.08. The zero-order valence-electron chi connectivity index (χ0n) is 9.67. The van der Waals surface area contributed by atoms with Gasteiger partial charge in [-0.3, -0.25) is 4.79 Å². The van der Waals surface area contributed by atoms with Crippen LogP contribution in [0.15, 0.2) is 17.2 Å². The summed E-state index contributed by atoms with van der Waals surface area (Å²) >= 11 is 1.95. The van der Waals surface area contributed by atoms with Crippen molar-refractivity contribution in [3.63, 3.8) is 0 Å². The molecule has 0 atom stereocenters. The third-order valence-electron chi connectivity index (χ3n) is 3.22. The van der Waals surface area contributed by atoms with Gasteiger partial charge in [0, 0.05) is 18.4 Å². The van der Waals surface area contributed by atoms with Crippen LogP contribution < -0.4 is 10.3 Å². The summed E-state index contributed by atoms with van der Waals surface area (Å²) in [7, 11) is 0. The molecule has 0 bridgehead atoms. The summed E-state index contributed by atoms with van der Waals surface area (Å²) in [5.41, 5.74) is -0.0618. The van der Waals surface area contributed by atoms with Crippen LogP contribution >= 0.6 is 11.8 Å². The van der Waals surface area contributed by atoms with Gasteiger partial charge in [-0.1, -0.05) is 0 Å². The van der Waals surface area contributed by atoms with Crippen molar-refractivity contribution >= 4 is 11.8 Å². The lowest BCUT2D eigenvalue weighted by molar-refractivity contribution is 0.180. The Labute approximate surface area is 104 Å². The van der Waals surface area contributed by atoms with Crippen LogP contribution in [0.2, 0.25) is 0 Å². The summed E-state index contributed by atoms with van der Waals surface area (Å²) in [5.74, 6) is 2.53. The normalized spacial score (nSPS) is 21.4. The van der Waals surface area contributed by atoms with Gasteiger partial charge in [0.1, 0.15) is 6.10 Å². The molecule has 0 spiro atoms. The lowest BCUT2D eigenvalue weighted by Crippen LogP contribution is -2.28. The third kappa shape index (κ3) is 2.49. The molecular formula is C12H16N2O2S. The minimum Gasteiger partial charge on any atom is -0.470 e. The number of hydrogen-bond donors (Lipinski definition) is 0. The van der Waals surface area contributed by atoms with E-state index in [9.17, 15) is 4.79 Å². The van der Waals surface area contributed by atoms with Crippen molar-refractivity contribution in [2.75, 3.05) is 11.5 Å². The van der Waals surface area contributed by atoms with Gasteiger partial charge in [-0.05, 0) is 37.2 Å². The van der Waals surface area contributed by atoms with Crippen molar-refractivity contribution in [2.24, 2.45) is 0 Å². The number of aromatic nitrogens is 2. The van der Waals surface area contributed by atoms with Gasteiger partial charge in [0.2, 0.25) is 0 Å². The zero-order chi connectivity index (χ0) is 11.7. The molecule has 0 radical (unpaired) electrons. The smallest absolute Gasteiger partial charge is 0.313 e. The molecule has 1 saturated carbocycles. The molecule has 0 amide bonds. The number of hydrogen-bond acceptors (Lipinski definition) is 4. The lowest BCUT2D eigenvalue weighted by Gasteiger charge is -2.21. The van der Waals surface area contributed by atoms with Gasteiger partial charge in [0.05, 0.1) is 0 Å². The molecule has 5 heteroatoms. The molecule has 17 heavy (non-hydrogen) atoms. The second-order valence-electron chi connectivity index (χ2n) is 4.61. The molecule has 0 unspecified atom stereocenters. The van der Waals surface area contributed by atoms with E-state index in [2.05, 4.69) is 4.98 Å². The highest BCUT2D eigenvalue weighted by atomic mass is 32.2. The predicted molar refractivity (Wildman–Crippen MR) is 67.7 cm³/mol. The number of nitrogens with zero attached hydrogens (tertiary/aromatic N) is 2. The highest BCUT2D eigenvalue weighted by Gasteiger charge is 2.26. The molecule has 2 fully saturated rings. The molecule has 1 aromatic heterocycles. The van der Waals surface area contributed by atoms with Gasteiger partial charge in [0.25, 0.3) is 5.88 Å². The van der Waals surface area contributed by atoms with E-state index in [0.29, 0.717) is 6.04 Å². The van der Waals surface area contributed by atoms with Crippen LogP contribution in [-0.4, -0.2) is 27.2 Å². The molecule has 1 saturated heterocycles. The maximum atomic E-state index is 12.1. The predicted octanol–water partition coefficient (Wildman–Crippen LogP) is 1.85. The molecule has 3 rings (SSSR count). The second-order valence-corrected chi connectivity index (χ2v) is 5.83. The van der Waals surface area contributed by atoms with Crippen LogP contribution in [0.25, 0.3) is 0 Å². The van der Waals surface area contributed by atoms with E-state index in [0.717, 1.165) is 37.2 Å². The largest absolute Gasteiger partial charge is 0.470 e. The molecule has 0 N–H and O–H groups in total. The van der Waals surface area contributed by atoms with Gasteiger partial charge in [0.15, 0.2) is 0 Å². The molecule has 0 aromatic carbocycles. The first-order valence-corrected chi connectivity index (χ1v) is 7.31. The molecule has 2 aliphatic rings. The number of ether oxygens (including phenoxy) is 1. The fourth-order valence-corrected chi connectivity index (χ4v) is 3.14. The van der Waals surface area contributed by atoms with E-state index < -0.39 is 0 Å². The topological polar surface area (TPSA) is 44.1 Å². The highest BCUT2D eigenvalue weighted by molar-refractivity contribution is 7.99. The summed E-state index contributed by atoms with van der Waals surface area (Å²) in [6.07, 6.45) is 7.85. The van der Waals surface area contributed by atoms with Crippen molar-refractivity contribution < 1.29 is 4.74 Å². The van der Waals surface area contributed by atoms with E-state index in [4.69, 9.17) is 4.74 Å². The third-order valence-corrected chi connectivity index (χ3v) is 4.27. The molecular weight excluding hydrogens is 236 g/mol. The molecule has 1 aliphatic heterocycles. The molecule has 1 aromatic rings. The summed E-state index contributed by atoms with van der Waals surface area (Å²) in [4.78, 5) is 16.2. The van der Waals surface area contributed by atoms with Gasteiger partial charge < -0.3 is 9.30 Å². The second kappa shape index (κ2) is 4.72. The first-order chi connectivity index (χ1) is 8.34. The Morgan fingerprint density at radius 1 is 1.29 bits per heavy atom. The van der Waals surface area contributed by atoms with Crippen LogP contribution in [0.3, 0.4) is 0 Å². The summed E-state index contributed by atoms with van der Waals surface area (Å²) in [6.45, 7) is 0. The zero-order valence-corrected chi connectivity index (χ0v) is 10.5. The Hall–Kier alpha value is -0.970. The first-order valence-electron chi connectivity index (χ1n) is 6.16. The molecule has 2 heterocycles. The van der Waals surface area contributed by atoms with Crippen LogP contribution in [0.4, 0.5) is 0 Å². The highest BCUT2D eigenvalue weighted by Crippen LogP contribution is 2.33. The summed E-state index contributed by atoms with van der Waals surface area (Å²) < 4.78 is 7.51. The lowest BCUT2D eigenvalue weighted by atomic mass is 10.2. The Balaban J connectivity index is 1.77. The average molecular weight is 252 g/mol. The molecule has 92 valence electrons. The van der Waals surface area contributed by atoms with Crippen LogP contribution in [0.5, 0.6) is 5.88 Å². The minimum atomic E-state index is -0.0618. The van der Waals surface area contributed by atoms with E-state index in [1.54, 1.807) is 17.0 Å². The Morgan fingerprint density at radius 2 is 2.06 bits per heavy atom. The minimum absolute atomic E-state index is 0.0618. The fraction of sp³-hybridized carbons (Fsp3) is 0.667. The van der Waals surface area contributed by atoms with Crippen molar-refractivity contribution in [3.05, 3.63) is 22.7 Å². The Bertz CT molecular complexity index is 450. The summed E-state index contributed by atoms with van der Waals surface area (Å²) in [5, 5.41) is 0.